The summed E-state index contributed by atoms with van der Waals surface area (Å²) in [7, 11) is -3.64. The number of hydrogen-bond acceptors (Lipinski definition) is 6. The van der Waals surface area contributed by atoms with Gasteiger partial charge in [-0.1, -0.05) is 0 Å². The number of rotatable bonds is 3. The molecule has 4 rings (SSSR count). The van der Waals surface area contributed by atoms with E-state index in [1.165, 1.54) is 11.1 Å². The molecule has 2 aromatic rings. The third-order valence-corrected chi connectivity index (χ3v) is 6.47. The van der Waals surface area contributed by atoms with Crippen LogP contribution in [0.1, 0.15) is 29.3 Å². The van der Waals surface area contributed by atoms with E-state index in [-0.39, 0.29) is 25.6 Å². The zero-order chi connectivity index (χ0) is 23.6. The molecule has 0 bridgehead atoms. The predicted octanol–water partition coefficient (Wildman–Crippen LogP) is 2.21. The van der Waals surface area contributed by atoms with Crippen LogP contribution in [0.5, 0.6) is 0 Å². The molecule has 3 heterocycles. The minimum atomic E-state index is -4.87. The molecule has 0 spiro atoms. The Kier molecular flexibility index (Phi) is 5.55. The molecule has 14 heteroatoms. The van der Waals surface area contributed by atoms with Crippen LogP contribution in [0.3, 0.4) is 0 Å². The zero-order valence-corrected chi connectivity index (χ0v) is 17.3. The predicted molar refractivity (Wildman–Crippen MR) is 98.1 cm³/mol. The molecule has 0 unspecified atom stereocenters. The van der Waals surface area contributed by atoms with Gasteiger partial charge in [0.15, 0.2) is 17.7 Å². The van der Waals surface area contributed by atoms with Gasteiger partial charge in [-0.2, -0.15) is 22.4 Å². The van der Waals surface area contributed by atoms with Crippen LogP contribution in [0.2, 0.25) is 0 Å². The van der Waals surface area contributed by atoms with Gasteiger partial charge < -0.3 is 10.5 Å². The third kappa shape index (κ3) is 4.11. The van der Waals surface area contributed by atoms with E-state index in [0.29, 0.717) is 17.3 Å². The summed E-state index contributed by atoms with van der Waals surface area (Å²) in [5, 5.41) is 3.91. The molecule has 7 nitrogen and oxygen atoms in total. The summed E-state index contributed by atoms with van der Waals surface area (Å²) in [6.07, 6.45) is -7.03. The van der Waals surface area contributed by atoms with Crippen LogP contribution in [0.25, 0.3) is 0 Å². The van der Waals surface area contributed by atoms with Gasteiger partial charge in [0.25, 0.3) is 10.0 Å². The van der Waals surface area contributed by atoms with Crippen molar-refractivity contribution in [2.75, 3.05) is 6.26 Å². The maximum Gasteiger partial charge on any atom is 0.416 e. The van der Waals surface area contributed by atoms with Crippen molar-refractivity contribution in [2.24, 2.45) is 5.73 Å². The van der Waals surface area contributed by atoms with Crippen LogP contribution in [0.15, 0.2) is 18.3 Å². The smallest absolute Gasteiger partial charge is 0.357 e. The second-order valence-corrected chi connectivity index (χ2v) is 9.76. The summed E-state index contributed by atoms with van der Waals surface area (Å²) in [6, 6.07) is -1.75. The van der Waals surface area contributed by atoms with Crippen LogP contribution in [-0.4, -0.2) is 53.1 Å². The Labute approximate surface area is 178 Å². The molecular weight excluding hydrogens is 466 g/mol. The van der Waals surface area contributed by atoms with Crippen LogP contribution in [0.4, 0.5) is 26.3 Å². The molecular formula is C18H18F6N4O3S. The fraction of sp³-hybridized carbons (Fsp3) is 0.500. The van der Waals surface area contributed by atoms with Gasteiger partial charge in [0.2, 0.25) is 0 Å². The molecule has 0 saturated carbocycles. The number of alkyl halides is 3. The molecule has 1 saturated heterocycles. The molecule has 1 aromatic carbocycles. The standard InChI is InChI=1S/C18H18F6N4O3S/c1-32(29,30)28-6-8-5-27(7-14(8)26-28)15-4-13(25)16(31-17(15)18(22,23)24)9-2-11(20)12(21)3-10(9)19/h2-3,6,13,15-17H,4-5,7,25H2,1H3/t13-,15+,16+,17+/m0/s1. The number of nitrogens with two attached hydrogens (primary N) is 1. The Bertz CT molecular complexity index is 1130. The molecule has 2 aliphatic rings. The minimum Gasteiger partial charge on any atom is -0.357 e. The lowest BCUT2D eigenvalue weighted by atomic mass is 9.89. The highest BCUT2D eigenvalue weighted by Crippen LogP contribution is 2.42. The Morgan fingerprint density at radius 3 is 2.38 bits per heavy atom. The van der Waals surface area contributed by atoms with Gasteiger partial charge in [0.05, 0.1) is 11.9 Å². The van der Waals surface area contributed by atoms with E-state index in [2.05, 4.69) is 5.10 Å². The molecule has 176 valence electrons. The lowest BCUT2D eigenvalue weighted by Crippen LogP contribution is -2.58. The molecule has 0 amide bonds. The van der Waals surface area contributed by atoms with Crippen molar-refractivity contribution in [2.45, 2.75) is 50.0 Å². The average Bonchev–Trinajstić information content (AvgIpc) is 3.23. The largest absolute Gasteiger partial charge is 0.416 e. The van der Waals surface area contributed by atoms with E-state index in [4.69, 9.17) is 10.5 Å². The number of fused-ring (bicyclic) bond motifs is 1. The molecule has 1 fully saturated rings. The SMILES string of the molecule is CS(=O)(=O)n1cc2c(n1)CN([C@@H]1C[C@H](N)[C@@H](c3cc(F)c(F)cc3F)O[C@H]1C(F)(F)F)C2. The van der Waals surface area contributed by atoms with Gasteiger partial charge in [-0.15, -0.1) is 0 Å². The highest BCUT2D eigenvalue weighted by atomic mass is 32.2. The zero-order valence-electron chi connectivity index (χ0n) is 16.5. The van der Waals surface area contributed by atoms with Crippen LogP contribution in [-0.2, 0) is 27.8 Å². The lowest BCUT2D eigenvalue weighted by molar-refractivity contribution is -0.269. The van der Waals surface area contributed by atoms with Crippen molar-refractivity contribution in [1.29, 1.82) is 0 Å². The van der Waals surface area contributed by atoms with E-state index in [1.807, 2.05) is 0 Å². The first-order valence-electron chi connectivity index (χ1n) is 9.40. The quantitative estimate of drug-likeness (QED) is 0.531. The molecule has 0 radical (unpaired) electrons. The van der Waals surface area contributed by atoms with Gasteiger partial charge in [-0.3, -0.25) is 4.90 Å². The lowest BCUT2D eigenvalue weighted by Gasteiger charge is -2.44. The number of benzene rings is 1. The summed E-state index contributed by atoms with van der Waals surface area (Å²) >= 11 is 0. The van der Waals surface area contributed by atoms with Crippen LogP contribution >= 0.6 is 0 Å². The highest BCUT2D eigenvalue weighted by Gasteiger charge is 2.54. The normalized spacial score (nSPS) is 27.0. The van der Waals surface area contributed by atoms with E-state index >= 15 is 0 Å². The Morgan fingerprint density at radius 2 is 1.78 bits per heavy atom. The van der Waals surface area contributed by atoms with Crippen molar-refractivity contribution in [3.8, 4) is 0 Å². The summed E-state index contributed by atoms with van der Waals surface area (Å²) in [5.74, 6) is -4.18. The Morgan fingerprint density at radius 1 is 1.12 bits per heavy atom. The summed E-state index contributed by atoms with van der Waals surface area (Å²) < 4.78 is 112. The second kappa shape index (κ2) is 7.71. The van der Waals surface area contributed by atoms with E-state index in [1.54, 1.807) is 0 Å². The van der Waals surface area contributed by atoms with E-state index in [9.17, 15) is 34.8 Å². The molecule has 2 N–H and O–H groups in total. The van der Waals surface area contributed by atoms with E-state index < -0.39 is 63.5 Å². The first-order chi connectivity index (χ1) is 14.8. The highest BCUT2D eigenvalue weighted by molar-refractivity contribution is 7.89. The van der Waals surface area contributed by atoms with Crippen molar-refractivity contribution < 1.29 is 39.5 Å². The topological polar surface area (TPSA) is 90.5 Å². The van der Waals surface area contributed by atoms with Crippen molar-refractivity contribution in [3.63, 3.8) is 0 Å². The second-order valence-electron chi connectivity index (χ2n) is 7.92. The first kappa shape index (κ1) is 23.0. The van der Waals surface area contributed by atoms with E-state index in [0.717, 1.165) is 10.3 Å². The molecule has 1 aromatic heterocycles. The maximum atomic E-state index is 14.2. The molecule has 0 aliphatic carbocycles. The van der Waals surface area contributed by atoms with Gasteiger partial charge in [0.1, 0.15) is 11.9 Å². The summed E-state index contributed by atoms with van der Waals surface area (Å²) in [4.78, 5) is 1.40. The van der Waals surface area contributed by atoms with Gasteiger partial charge >= 0.3 is 6.18 Å². The average molecular weight is 484 g/mol. The van der Waals surface area contributed by atoms with Crippen LogP contribution in [0, 0.1) is 17.5 Å². The molecule has 2 aliphatic heterocycles. The summed E-state index contributed by atoms with van der Waals surface area (Å²) in [6.45, 7) is -0.0994. The number of aromatic nitrogens is 2. The molecule has 32 heavy (non-hydrogen) atoms. The summed E-state index contributed by atoms with van der Waals surface area (Å²) in [5.41, 5.74) is 6.14. The molecule has 4 atom stereocenters. The number of halogens is 6. The first-order valence-corrected chi connectivity index (χ1v) is 11.2. The monoisotopic (exact) mass is 484 g/mol. The van der Waals surface area contributed by atoms with Crippen molar-refractivity contribution in [1.82, 2.24) is 14.1 Å². The number of hydrogen-bond donors (Lipinski definition) is 1. The van der Waals surface area contributed by atoms with Gasteiger partial charge in [-0.05, 0) is 12.5 Å². The fourth-order valence-corrected chi connectivity index (χ4v) is 4.69. The van der Waals surface area contributed by atoms with Gasteiger partial charge in [-0.25, -0.2) is 21.6 Å². The van der Waals surface area contributed by atoms with Gasteiger partial charge in [0, 0.05) is 48.6 Å². The Balaban J connectivity index is 1.61. The Hall–Kier alpha value is -2.16. The number of nitrogens with zero attached hydrogens (tertiary/aromatic N) is 3. The van der Waals surface area contributed by atoms with Crippen molar-refractivity contribution >= 4 is 10.0 Å². The van der Waals surface area contributed by atoms with Crippen LogP contribution < -0.4 is 5.73 Å². The third-order valence-electron chi connectivity index (χ3n) is 5.61. The maximum absolute atomic E-state index is 14.2. The minimum absolute atomic E-state index is 0.0254. The fourth-order valence-electron chi connectivity index (χ4n) is 4.13. The van der Waals surface area contributed by atoms with Crippen molar-refractivity contribution in [3.05, 3.63) is 52.6 Å². The number of ether oxygens (including phenoxy) is 1.